The minimum Gasteiger partial charge on any atom is -0.329 e. The average molecular weight is 477 g/mol. The Labute approximate surface area is 181 Å². The maximum atomic E-state index is 12.4. The first-order valence-corrected chi connectivity index (χ1v) is 9.71. The number of aromatic nitrogens is 4. The van der Waals surface area contributed by atoms with Gasteiger partial charge >= 0.3 is 24.4 Å². The van der Waals surface area contributed by atoms with Crippen molar-refractivity contribution in [3.63, 3.8) is 0 Å². The molecule has 0 aromatic carbocycles. The van der Waals surface area contributed by atoms with Crippen molar-refractivity contribution in [2.75, 3.05) is 26.2 Å². The number of urea groups is 1. The number of likely N-dealkylation sites (tertiary alicyclic amines) is 1. The Morgan fingerprint density at radius 1 is 1.00 bits per heavy atom. The molecule has 3 amide bonds. The summed E-state index contributed by atoms with van der Waals surface area (Å²) in [7, 11) is 0. The molecule has 33 heavy (non-hydrogen) atoms. The molecule has 0 saturated carbocycles. The molecule has 0 bridgehead atoms. The van der Waals surface area contributed by atoms with Gasteiger partial charge in [0.15, 0.2) is 11.3 Å². The van der Waals surface area contributed by atoms with E-state index in [-0.39, 0.29) is 24.7 Å². The Kier molecular flexibility index (Phi) is 5.57. The predicted octanol–water partition coefficient (Wildman–Crippen LogP) is 2.87. The Bertz CT molecular complexity index is 1200. The van der Waals surface area contributed by atoms with Crippen LogP contribution >= 0.6 is 0 Å². The molecule has 4 heterocycles. The summed E-state index contributed by atoms with van der Waals surface area (Å²) < 4.78 is 76.9. The number of halogens is 6. The van der Waals surface area contributed by atoms with E-state index in [9.17, 15) is 35.9 Å². The summed E-state index contributed by atoms with van der Waals surface area (Å²) in [6, 6.07) is -0.344. The molecule has 2 N–H and O–H groups in total. The van der Waals surface area contributed by atoms with Crippen LogP contribution in [-0.2, 0) is 0 Å². The van der Waals surface area contributed by atoms with Crippen LogP contribution in [0, 0.1) is 0 Å². The quantitative estimate of drug-likeness (QED) is 0.567. The first-order chi connectivity index (χ1) is 15.4. The van der Waals surface area contributed by atoms with Crippen LogP contribution in [0.5, 0.6) is 0 Å². The van der Waals surface area contributed by atoms with Crippen LogP contribution in [0.25, 0.3) is 16.8 Å². The molecule has 0 spiro atoms. The van der Waals surface area contributed by atoms with Crippen molar-refractivity contribution in [1.29, 1.82) is 0 Å². The number of carbonyl (C=O) groups excluding carboxylic acids is 2. The lowest BCUT2D eigenvalue weighted by Crippen LogP contribution is -2.42. The molecule has 15 heteroatoms. The van der Waals surface area contributed by atoms with Crippen molar-refractivity contribution in [1.82, 2.24) is 34.5 Å². The third kappa shape index (κ3) is 4.80. The molecule has 4 rings (SSSR count). The van der Waals surface area contributed by atoms with E-state index in [4.69, 9.17) is 0 Å². The van der Waals surface area contributed by atoms with Crippen LogP contribution in [0.3, 0.4) is 0 Å². The second-order valence-electron chi connectivity index (χ2n) is 7.51. The Morgan fingerprint density at radius 2 is 1.67 bits per heavy atom. The summed E-state index contributed by atoms with van der Waals surface area (Å²) in [4.78, 5) is 33.9. The zero-order valence-corrected chi connectivity index (χ0v) is 16.7. The van der Waals surface area contributed by atoms with E-state index in [2.05, 4.69) is 9.97 Å². The molecule has 1 aliphatic heterocycles. The number of amides is 3. The highest BCUT2D eigenvalue weighted by molar-refractivity contribution is 5.89. The van der Waals surface area contributed by atoms with Crippen molar-refractivity contribution in [3.05, 3.63) is 30.4 Å². The van der Waals surface area contributed by atoms with Crippen molar-refractivity contribution in [2.24, 2.45) is 0 Å². The summed E-state index contributed by atoms with van der Waals surface area (Å²) in [5.41, 5.74) is 1.55. The number of hydrogen-bond donors (Lipinski definition) is 2. The largest absolute Gasteiger partial charge is 0.405 e. The second-order valence-corrected chi connectivity index (χ2v) is 7.51. The Hall–Kier alpha value is -3.52. The number of carbonyl (C=O) groups is 2. The van der Waals surface area contributed by atoms with E-state index >= 15 is 0 Å². The second kappa shape index (κ2) is 8.12. The maximum absolute atomic E-state index is 12.4. The van der Waals surface area contributed by atoms with E-state index in [1.54, 1.807) is 15.9 Å². The molecule has 1 fully saturated rings. The standard InChI is InChI=1S/C18H17F6N7O2/c19-17(20,21)8-27-15(32)29-3-1-10(7-29)12-5-25-13-6-26-14-11(31(12)13)2-4-30(14)16(33)28-9-18(22,23)24/h2,4-6,10H,1,3,7-9H2,(H,27,32)(H,28,33)/t10-/m1/s1. The fraction of sp³-hybridized carbons (Fsp3) is 0.444. The molecule has 3 aromatic heterocycles. The van der Waals surface area contributed by atoms with Gasteiger partial charge in [0.05, 0.1) is 11.7 Å². The minimum atomic E-state index is -4.57. The number of rotatable bonds is 3. The summed E-state index contributed by atoms with van der Waals surface area (Å²) in [5.74, 6) is -0.260. The maximum Gasteiger partial charge on any atom is 0.405 e. The van der Waals surface area contributed by atoms with Crippen molar-refractivity contribution in [3.8, 4) is 0 Å². The molecule has 178 valence electrons. The average Bonchev–Trinajstić information content (AvgIpc) is 3.45. The summed E-state index contributed by atoms with van der Waals surface area (Å²) in [6.07, 6.45) is -4.46. The summed E-state index contributed by atoms with van der Waals surface area (Å²) in [6.45, 7) is -2.55. The molecule has 1 atom stereocenters. The molecular formula is C18H17F6N7O2. The van der Waals surface area contributed by atoms with Crippen LogP contribution in [0.1, 0.15) is 18.0 Å². The number of imidazole rings is 1. The van der Waals surface area contributed by atoms with E-state index in [1.165, 1.54) is 23.4 Å². The number of nitrogens with one attached hydrogen (secondary N) is 2. The van der Waals surface area contributed by atoms with Crippen LogP contribution in [0.2, 0.25) is 0 Å². The SMILES string of the molecule is O=C(NCC(F)(F)F)N1CC[C@@H](c2cnc3cnc4c(ccn4C(=O)NCC(F)(F)F)n23)C1. The van der Waals surface area contributed by atoms with Gasteiger partial charge in [0.1, 0.15) is 13.1 Å². The highest BCUT2D eigenvalue weighted by Gasteiger charge is 2.33. The van der Waals surface area contributed by atoms with Crippen LogP contribution in [0.15, 0.2) is 24.7 Å². The van der Waals surface area contributed by atoms with Gasteiger partial charge in [-0.05, 0) is 12.5 Å². The lowest BCUT2D eigenvalue weighted by Gasteiger charge is -2.18. The predicted molar refractivity (Wildman–Crippen MR) is 102 cm³/mol. The highest BCUT2D eigenvalue weighted by atomic mass is 19.4. The molecule has 1 aliphatic rings. The normalized spacial score (nSPS) is 17.2. The third-order valence-electron chi connectivity index (χ3n) is 5.19. The topological polar surface area (TPSA) is 96.6 Å². The molecule has 3 aromatic rings. The first-order valence-electron chi connectivity index (χ1n) is 9.71. The van der Waals surface area contributed by atoms with Gasteiger partial charge in [-0.1, -0.05) is 0 Å². The lowest BCUT2D eigenvalue weighted by molar-refractivity contribution is -0.123. The molecule has 9 nitrogen and oxygen atoms in total. The molecule has 0 unspecified atom stereocenters. The first kappa shape index (κ1) is 22.7. The van der Waals surface area contributed by atoms with Crippen LogP contribution < -0.4 is 10.6 Å². The third-order valence-corrected chi connectivity index (χ3v) is 5.19. The Balaban J connectivity index is 1.57. The number of nitrogens with zero attached hydrogens (tertiary/aromatic N) is 5. The zero-order chi connectivity index (χ0) is 24.0. The van der Waals surface area contributed by atoms with Crippen molar-refractivity contribution >= 4 is 28.9 Å². The lowest BCUT2D eigenvalue weighted by atomic mass is 10.1. The Morgan fingerprint density at radius 3 is 2.33 bits per heavy atom. The highest BCUT2D eigenvalue weighted by Crippen LogP contribution is 2.30. The van der Waals surface area contributed by atoms with Crippen LogP contribution in [-0.4, -0.2) is 74.4 Å². The zero-order valence-electron chi connectivity index (χ0n) is 16.7. The molecule has 1 saturated heterocycles. The van der Waals surface area contributed by atoms with Gasteiger partial charge in [-0.15, -0.1) is 0 Å². The van der Waals surface area contributed by atoms with E-state index in [0.29, 0.717) is 23.3 Å². The van der Waals surface area contributed by atoms with Gasteiger partial charge < -0.3 is 15.5 Å². The van der Waals surface area contributed by atoms with E-state index in [1.807, 2.05) is 5.32 Å². The van der Waals surface area contributed by atoms with Gasteiger partial charge in [0.25, 0.3) is 0 Å². The summed E-state index contributed by atoms with van der Waals surface area (Å²) in [5, 5.41) is 3.61. The van der Waals surface area contributed by atoms with E-state index in [0.717, 1.165) is 4.57 Å². The minimum absolute atomic E-state index is 0.0965. The van der Waals surface area contributed by atoms with Gasteiger partial charge in [0, 0.05) is 37.1 Å². The smallest absolute Gasteiger partial charge is 0.329 e. The van der Waals surface area contributed by atoms with Gasteiger partial charge in [-0.2, -0.15) is 26.3 Å². The number of hydrogen-bond acceptors (Lipinski definition) is 4. The molecule has 0 aliphatic carbocycles. The van der Waals surface area contributed by atoms with Gasteiger partial charge in [-0.25, -0.2) is 19.6 Å². The van der Waals surface area contributed by atoms with Crippen LogP contribution in [0.4, 0.5) is 35.9 Å². The molecular weight excluding hydrogens is 460 g/mol. The monoisotopic (exact) mass is 477 g/mol. The fourth-order valence-corrected chi connectivity index (χ4v) is 3.76. The molecule has 0 radical (unpaired) electrons. The van der Waals surface area contributed by atoms with Crippen molar-refractivity contribution < 1.29 is 35.9 Å². The summed E-state index contributed by atoms with van der Waals surface area (Å²) >= 11 is 0. The fourth-order valence-electron chi connectivity index (χ4n) is 3.76. The number of fused-ring (bicyclic) bond motifs is 3. The van der Waals surface area contributed by atoms with Gasteiger partial charge in [-0.3, -0.25) is 8.97 Å². The number of alkyl halides is 6. The van der Waals surface area contributed by atoms with E-state index < -0.39 is 37.5 Å². The van der Waals surface area contributed by atoms with Crippen molar-refractivity contribution in [2.45, 2.75) is 24.7 Å². The van der Waals surface area contributed by atoms with Gasteiger partial charge in [0.2, 0.25) is 0 Å².